The van der Waals surface area contributed by atoms with Crippen LogP contribution in [0.3, 0.4) is 0 Å². The average molecular weight is 520 g/mol. The Labute approximate surface area is 212 Å². The van der Waals surface area contributed by atoms with Gasteiger partial charge in [0.15, 0.2) is 0 Å². The number of rotatable bonds is 9. The topological polar surface area (TPSA) is 64.6 Å². The van der Waals surface area contributed by atoms with Crippen molar-refractivity contribution in [2.45, 2.75) is 38.6 Å². The molecule has 0 amide bonds. The lowest BCUT2D eigenvalue weighted by Gasteiger charge is -2.32. The maximum absolute atomic E-state index is 14.1. The lowest BCUT2D eigenvalue weighted by Crippen LogP contribution is -2.35. The molecule has 1 N–H and O–H groups in total. The van der Waals surface area contributed by atoms with Crippen molar-refractivity contribution in [1.29, 1.82) is 0 Å². The molecule has 192 valence electrons. The van der Waals surface area contributed by atoms with Crippen LogP contribution in [0.1, 0.15) is 43.4 Å². The molecule has 36 heavy (non-hydrogen) atoms. The lowest BCUT2D eigenvalue weighted by atomic mass is 9.78. The minimum atomic E-state index is -4.70. The standard InChI is InChI=1S/C27H28F3NO4S/c1-4-34-25(32)22-17(3)31-21(16-36-15-18-11-7-6-8-12-18)24(26(33)35-5-2)23(22)19-13-9-10-14-20(19)27(28,29)30/h6-14,23,31H,4-5,15-16H2,1-3H3. The molecule has 0 aromatic heterocycles. The molecular weight excluding hydrogens is 491 g/mol. The number of benzene rings is 2. The third-order valence-electron chi connectivity index (χ3n) is 5.57. The van der Waals surface area contributed by atoms with E-state index in [1.807, 2.05) is 30.3 Å². The Morgan fingerprint density at radius 2 is 1.47 bits per heavy atom. The summed E-state index contributed by atoms with van der Waals surface area (Å²) in [5, 5.41) is 3.09. The third-order valence-corrected chi connectivity index (χ3v) is 6.60. The first kappa shape index (κ1) is 27.4. The quantitative estimate of drug-likeness (QED) is 0.411. The van der Waals surface area contributed by atoms with Gasteiger partial charge in [0.2, 0.25) is 0 Å². The number of thioether (sulfide) groups is 1. The number of hydrogen-bond acceptors (Lipinski definition) is 6. The van der Waals surface area contributed by atoms with E-state index in [0.29, 0.717) is 22.9 Å². The zero-order chi connectivity index (χ0) is 26.3. The summed E-state index contributed by atoms with van der Waals surface area (Å²) in [6.45, 7) is 4.87. The highest BCUT2D eigenvalue weighted by molar-refractivity contribution is 7.98. The van der Waals surface area contributed by atoms with Crippen LogP contribution in [-0.4, -0.2) is 30.9 Å². The maximum Gasteiger partial charge on any atom is 0.416 e. The van der Waals surface area contributed by atoms with Crippen molar-refractivity contribution in [3.8, 4) is 0 Å². The second-order valence-corrected chi connectivity index (χ2v) is 8.98. The van der Waals surface area contributed by atoms with E-state index >= 15 is 0 Å². The summed E-state index contributed by atoms with van der Waals surface area (Å²) in [6, 6.07) is 14.6. The molecule has 1 heterocycles. The van der Waals surface area contributed by atoms with Crippen LogP contribution in [0.5, 0.6) is 0 Å². The van der Waals surface area contributed by atoms with Crippen LogP contribution in [-0.2, 0) is 31.0 Å². The molecule has 1 atom stereocenters. The summed E-state index contributed by atoms with van der Waals surface area (Å²) in [5.41, 5.74) is 0.596. The van der Waals surface area contributed by atoms with Gasteiger partial charge < -0.3 is 14.8 Å². The predicted octanol–water partition coefficient (Wildman–Crippen LogP) is 5.98. The van der Waals surface area contributed by atoms with Gasteiger partial charge in [-0.25, -0.2) is 9.59 Å². The minimum absolute atomic E-state index is 0.0252. The van der Waals surface area contributed by atoms with E-state index in [1.54, 1.807) is 20.8 Å². The fraction of sp³-hybridized carbons (Fsp3) is 0.333. The van der Waals surface area contributed by atoms with Crippen LogP contribution in [0.25, 0.3) is 0 Å². The Bertz CT molecular complexity index is 1160. The number of halogens is 3. The molecule has 9 heteroatoms. The second kappa shape index (κ2) is 12.2. The van der Waals surface area contributed by atoms with Crippen LogP contribution >= 0.6 is 11.8 Å². The molecule has 0 radical (unpaired) electrons. The molecule has 0 spiro atoms. The van der Waals surface area contributed by atoms with Crippen LogP contribution in [0, 0.1) is 0 Å². The Morgan fingerprint density at radius 3 is 2.08 bits per heavy atom. The van der Waals surface area contributed by atoms with Gasteiger partial charge in [-0.15, -0.1) is 0 Å². The van der Waals surface area contributed by atoms with E-state index < -0.39 is 29.6 Å². The second-order valence-electron chi connectivity index (χ2n) is 7.99. The summed E-state index contributed by atoms with van der Waals surface area (Å²) in [6.07, 6.45) is -4.70. The average Bonchev–Trinajstić information content (AvgIpc) is 2.84. The van der Waals surface area contributed by atoms with Gasteiger partial charge in [0, 0.05) is 22.9 Å². The molecule has 2 aromatic carbocycles. The van der Waals surface area contributed by atoms with Crippen LogP contribution in [0.2, 0.25) is 0 Å². The molecule has 0 fully saturated rings. The number of carbonyl (C=O) groups is 2. The molecular formula is C27H28F3NO4S. The van der Waals surface area contributed by atoms with E-state index in [4.69, 9.17) is 9.47 Å². The predicted molar refractivity (Wildman–Crippen MR) is 133 cm³/mol. The number of allylic oxidation sites excluding steroid dienone is 1. The molecule has 1 aliphatic rings. The first-order chi connectivity index (χ1) is 17.2. The number of dihydropyridines is 1. The SMILES string of the molecule is CCOC(=O)C1=C(C)NC(CSCc2ccccc2)=C(C(=O)OCC)C1c1ccccc1C(F)(F)F. The lowest BCUT2D eigenvalue weighted by molar-refractivity contribution is -0.142. The zero-order valence-electron chi connectivity index (χ0n) is 20.3. The Hall–Kier alpha value is -3.20. The number of esters is 2. The molecule has 0 aliphatic carbocycles. The largest absolute Gasteiger partial charge is 0.463 e. The van der Waals surface area contributed by atoms with E-state index in [0.717, 1.165) is 11.6 Å². The van der Waals surface area contributed by atoms with Gasteiger partial charge in [-0.1, -0.05) is 48.5 Å². The molecule has 1 unspecified atom stereocenters. The Kier molecular flexibility index (Phi) is 9.25. The van der Waals surface area contributed by atoms with Gasteiger partial charge in [-0.2, -0.15) is 24.9 Å². The molecule has 5 nitrogen and oxygen atoms in total. The number of carbonyl (C=O) groups excluding carboxylic acids is 2. The Morgan fingerprint density at radius 1 is 0.889 bits per heavy atom. The summed E-state index contributed by atoms with van der Waals surface area (Å²) in [5.74, 6) is -1.96. The molecule has 0 saturated carbocycles. The Balaban J connectivity index is 2.16. The minimum Gasteiger partial charge on any atom is -0.463 e. The molecule has 3 rings (SSSR count). The van der Waals surface area contributed by atoms with Crippen molar-refractivity contribution < 1.29 is 32.2 Å². The number of ether oxygens (including phenoxy) is 2. The van der Waals surface area contributed by atoms with Crippen LogP contribution < -0.4 is 5.32 Å². The van der Waals surface area contributed by atoms with Gasteiger partial charge in [-0.05, 0) is 38.0 Å². The van der Waals surface area contributed by atoms with Crippen molar-refractivity contribution in [2.75, 3.05) is 19.0 Å². The smallest absolute Gasteiger partial charge is 0.416 e. The van der Waals surface area contributed by atoms with Crippen LogP contribution in [0.15, 0.2) is 77.1 Å². The maximum atomic E-state index is 14.1. The monoisotopic (exact) mass is 519 g/mol. The highest BCUT2D eigenvalue weighted by Gasteiger charge is 2.43. The van der Waals surface area contributed by atoms with Crippen molar-refractivity contribution in [3.05, 3.63) is 93.8 Å². The number of alkyl halides is 3. The molecule has 0 saturated heterocycles. The van der Waals surface area contributed by atoms with Crippen molar-refractivity contribution in [2.24, 2.45) is 0 Å². The van der Waals surface area contributed by atoms with E-state index in [9.17, 15) is 22.8 Å². The normalized spacial score (nSPS) is 16.0. The highest BCUT2D eigenvalue weighted by atomic mass is 32.2. The third kappa shape index (κ3) is 6.32. The van der Waals surface area contributed by atoms with Crippen molar-refractivity contribution >= 4 is 23.7 Å². The zero-order valence-corrected chi connectivity index (χ0v) is 21.1. The number of hydrogen-bond donors (Lipinski definition) is 1. The fourth-order valence-electron chi connectivity index (χ4n) is 4.10. The number of nitrogens with one attached hydrogen (secondary N) is 1. The van der Waals surface area contributed by atoms with Crippen molar-refractivity contribution in [3.63, 3.8) is 0 Å². The molecule has 1 aliphatic heterocycles. The van der Waals surface area contributed by atoms with Gasteiger partial charge in [0.1, 0.15) is 0 Å². The van der Waals surface area contributed by atoms with Crippen LogP contribution in [0.4, 0.5) is 13.2 Å². The van der Waals surface area contributed by atoms with Gasteiger partial charge >= 0.3 is 18.1 Å². The molecule has 2 aromatic rings. The van der Waals surface area contributed by atoms with E-state index in [2.05, 4.69) is 5.32 Å². The summed E-state index contributed by atoms with van der Waals surface area (Å²) in [7, 11) is 0. The summed E-state index contributed by atoms with van der Waals surface area (Å²) >= 11 is 1.49. The first-order valence-corrected chi connectivity index (χ1v) is 12.7. The molecule has 0 bridgehead atoms. The van der Waals surface area contributed by atoms with Crippen molar-refractivity contribution in [1.82, 2.24) is 5.32 Å². The fourth-order valence-corrected chi connectivity index (χ4v) is 5.06. The van der Waals surface area contributed by atoms with E-state index in [-0.39, 0.29) is 29.9 Å². The first-order valence-electron chi connectivity index (χ1n) is 11.5. The summed E-state index contributed by atoms with van der Waals surface area (Å²) < 4.78 is 52.6. The van der Waals surface area contributed by atoms with Gasteiger partial charge in [-0.3, -0.25) is 0 Å². The summed E-state index contributed by atoms with van der Waals surface area (Å²) in [4.78, 5) is 26.2. The van der Waals surface area contributed by atoms with Gasteiger partial charge in [0.25, 0.3) is 0 Å². The van der Waals surface area contributed by atoms with E-state index in [1.165, 1.54) is 30.0 Å². The van der Waals surface area contributed by atoms with Gasteiger partial charge in [0.05, 0.1) is 35.8 Å². The highest BCUT2D eigenvalue weighted by Crippen LogP contribution is 2.45.